The van der Waals surface area contributed by atoms with Crippen LogP contribution in [0, 0.1) is 13.8 Å². The van der Waals surface area contributed by atoms with Crippen molar-refractivity contribution in [2.45, 2.75) is 18.7 Å². The number of carbonyl (C=O) groups excluding carboxylic acids is 1. The molecule has 1 unspecified atom stereocenters. The van der Waals surface area contributed by atoms with E-state index in [-0.39, 0.29) is 11.5 Å². The minimum Gasteiger partial charge on any atom is -0.293 e. The van der Waals surface area contributed by atoms with Crippen molar-refractivity contribution < 1.29 is 9.00 Å². The number of hydrogen-bond donors (Lipinski definition) is 0. The van der Waals surface area contributed by atoms with Gasteiger partial charge >= 0.3 is 0 Å². The van der Waals surface area contributed by atoms with Crippen molar-refractivity contribution in [3.63, 3.8) is 0 Å². The van der Waals surface area contributed by atoms with Gasteiger partial charge in [0.25, 0.3) is 0 Å². The van der Waals surface area contributed by atoms with Gasteiger partial charge in [0.15, 0.2) is 5.78 Å². The van der Waals surface area contributed by atoms with Gasteiger partial charge in [0.2, 0.25) is 0 Å². The Kier molecular flexibility index (Phi) is 4.73. The maximum atomic E-state index is 12.3. The summed E-state index contributed by atoms with van der Waals surface area (Å²) in [6.45, 7) is 3.81. The third kappa shape index (κ3) is 3.35. The quantitative estimate of drug-likeness (QED) is 0.802. The van der Waals surface area contributed by atoms with Gasteiger partial charge in [0.1, 0.15) is 0 Å². The molecule has 2 aromatic carbocycles. The summed E-state index contributed by atoms with van der Waals surface area (Å²) in [7, 11) is -1.42. The van der Waals surface area contributed by atoms with Crippen LogP contribution in [0.5, 0.6) is 0 Å². The van der Waals surface area contributed by atoms with Crippen LogP contribution in [-0.2, 0) is 10.8 Å². The molecule has 2 nitrogen and oxygen atoms in total. The van der Waals surface area contributed by atoms with Crippen molar-refractivity contribution in [2.24, 2.45) is 0 Å². The van der Waals surface area contributed by atoms with Gasteiger partial charge < -0.3 is 0 Å². The molecule has 0 aliphatic carbocycles. The van der Waals surface area contributed by atoms with E-state index < -0.39 is 10.8 Å². The summed E-state index contributed by atoms with van der Waals surface area (Å²) in [4.78, 5) is 12.8. The number of hydrogen-bond acceptors (Lipinski definition) is 2. The van der Waals surface area contributed by atoms with Crippen LogP contribution in [0.1, 0.15) is 21.5 Å². The van der Waals surface area contributed by atoms with E-state index in [1.807, 2.05) is 32.0 Å². The predicted octanol–water partition coefficient (Wildman–Crippen LogP) is 3.95. The molecule has 0 heterocycles. The maximum absolute atomic E-state index is 12.3. The smallest absolute Gasteiger partial charge is 0.175 e. The Morgan fingerprint density at radius 2 is 1.85 bits per heavy atom. The molecule has 4 heteroatoms. The monoisotopic (exact) mass is 306 g/mol. The van der Waals surface area contributed by atoms with Crippen LogP contribution in [0.2, 0.25) is 5.02 Å². The summed E-state index contributed by atoms with van der Waals surface area (Å²) in [6.07, 6.45) is 0. The molecule has 0 N–H and O–H groups in total. The fourth-order valence-electron chi connectivity index (χ4n) is 1.94. The SMILES string of the molecule is Cc1ccc(C)c(C(=O)CS(=O)c2ccccc2Cl)c1. The topological polar surface area (TPSA) is 34.1 Å². The van der Waals surface area contributed by atoms with Crippen LogP contribution >= 0.6 is 11.6 Å². The summed E-state index contributed by atoms with van der Waals surface area (Å²) in [6, 6.07) is 12.6. The number of benzene rings is 2. The Labute approximate surface area is 126 Å². The average molecular weight is 307 g/mol. The standard InChI is InChI=1S/C16H15ClO2S/c1-11-7-8-12(2)13(9-11)15(18)10-20(19)16-6-4-3-5-14(16)17/h3-9H,10H2,1-2H3. The molecule has 2 rings (SSSR count). The first kappa shape index (κ1) is 14.9. The highest BCUT2D eigenvalue weighted by Crippen LogP contribution is 2.20. The van der Waals surface area contributed by atoms with Crippen LogP contribution in [0.15, 0.2) is 47.4 Å². The number of halogens is 1. The number of ketones is 1. The van der Waals surface area contributed by atoms with Crippen molar-refractivity contribution in [1.82, 2.24) is 0 Å². The molecule has 0 spiro atoms. The zero-order chi connectivity index (χ0) is 14.7. The van der Waals surface area contributed by atoms with Crippen LogP contribution in [0.25, 0.3) is 0 Å². The lowest BCUT2D eigenvalue weighted by molar-refractivity contribution is 0.102. The normalized spacial score (nSPS) is 12.2. The highest BCUT2D eigenvalue weighted by molar-refractivity contribution is 7.86. The molecule has 0 amide bonds. The Hall–Kier alpha value is -1.45. The molecule has 0 saturated heterocycles. The van der Waals surface area contributed by atoms with Gasteiger partial charge in [-0.05, 0) is 37.6 Å². The number of rotatable bonds is 4. The van der Waals surface area contributed by atoms with Gasteiger partial charge in [-0.1, -0.05) is 41.4 Å². The molecule has 0 fully saturated rings. The molecule has 0 aliphatic heterocycles. The van der Waals surface area contributed by atoms with Crippen molar-refractivity contribution in [3.8, 4) is 0 Å². The van der Waals surface area contributed by atoms with Gasteiger partial charge in [0.05, 0.1) is 26.5 Å². The zero-order valence-electron chi connectivity index (χ0n) is 11.4. The van der Waals surface area contributed by atoms with Crippen molar-refractivity contribution >= 4 is 28.2 Å². The summed E-state index contributed by atoms with van der Waals surface area (Å²) in [5.74, 6) is -0.168. The largest absolute Gasteiger partial charge is 0.293 e. The molecule has 1 atom stereocenters. The third-order valence-electron chi connectivity index (χ3n) is 3.04. The first-order valence-electron chi connectivity index (χ1n) is 6.22. The predicted molar refractivity (Wildman–Crippen MR) is 83.0 cm³/mol. The lowest BCUT2D eigenvalue weighted by Gasteiger charge is -2.07. The highest BCUT2D eigenvalue weighted by atomic mass is 35.5. The van der Waals surface area contributed by atoms with E-state index in [1.54, 1.807) is 24.3 Å². The fourth-order valence-corrected chi connectivity index (χ4v) is 3.40. The van der Waals surface area contributed by atoms with Crippen molar-refractivity contribution in [1.29, 1.82) is 0 Å². The second kappa shape index (κ2) is 6.33. The minimum atomic E-state index is -1.42. The Bertz CT molecular complexity index is 680. The van der Waals surface area contributed by atoms with Gasteiger partial charge in [-0.2, -0.15) is 0 Å². The zero-order valence-corrected chi connectivity index (χ0v) is 12.9. The third-order valence-corrected chi connectivity index (χ3v) is 4.85. The highest BCUT2D eigenvalue weighted by Gasteiger charge is 2.16. The second-order valence-corrected chi connectivity index (χ2v) is 6.49. The van der Waals surface area contributed by atoms with E-state index >= 15 is 0 Å². The Morgan fingerprint density at radius 3 is 2.55 bits per heavy atom. The molecular weight excluding hydrogens is 292 g/mol. The fraction of sp³-hybridized carbons (Fsp3) is 0.188. The molecule has 104 valence electrons. The first-order valence-corrected chi connectivity index (χ1v) is 7.92. The van der Waals surface area contributed by atoms with Gasteiger partial charge in [-0.15, -0.1) is 0 Å². The van der Waals surface area contributed by atoms with Crippen molar-refractivity contribution in [2.75, 3.05) is 5.75 Å². The molecule has 0 aromatic heterocycles. The van der Waals surface area contributed by atoms with Crippen LogP contribution in [-0.4, -0.2) is 15.7 Å². The molecule has 20 heavy (non-hydrogen) atoms. The lowest BCUT2D eigenvalue weighted by Crippen LogP contribution is -2.13. The van der Waals surface area contributed by atoms with E-state index in [2.05, 4.69) is 0 Å². The van der Waals surface area contributed by atoms with Crippen LogP contribution < -0.4 is 0 Å². The second-order valence-electron chi connectivity index (χ2n) is 4.66. The minimum absolute atomic E-state index is 0.0476. The Morgan fingerprint density at radius 1 is 1.15 bits per heavy atom. The Balaban J connectivity index is 2.22. The summed E-state index contributed by atoms with van der Waals surface area (Å²) in [5.41, 5.74) is 2.55. The number of carbonyl (C=O) groups is 1. The first-order chi connectivity index (χ1) is 9.49. The molecular formula is C16H15ClO2S. The van der Waals surface area contributed by atoms with Crippen LogP contribution in [0.3, 0.4) is 0 Å². The lowest BCUT2D eigenvalue weighted by atomic mass is 10.0. The van der Waals surface area contributed by atoms with E-state index in [9.17, 15) is 9.00 Å². The molecule has 0 aliphatic rings. The summed E-state index contributed by atoms with van der Waals surface area (Å²) >= 11 is 6.00. The molecule has 2 aromatic rings. The molecule has 0 radical (unpaired) electrons. The van der Waals surface area contributed by atoms with Gasteiger partial charge in [0, 0.05) is 5.56 Å². The van der Waals surface area contributed by atoms with E-state index in [1.165, 1.54) is 0 Å². The van der Waals surface area contributed by atoms with E-state index in [0.29, 0.717) is 15.5 Å². The van der Waals surface area contributed by atoms with E-state index in [4.69, 9.17) is 11.6 Å². The molecule has 0 saturated carbocycles. The van der Waals surface area contributed by atoms with Crippen molar-refractivity contribution in [3.05, 3.63) is 64.2 Å². The summed E-state index contributed by atoms with van der Waals surface area (Å²) in [5, 5.41) is 0.430. The molecule has 0 bridgehead atoms. The number of aryl methyl sites for hydroxylation is 2. The van der Waals surface area contributed by atoms with Gasteiger partial charge in [-0.3, -0.25) is 9.00 Å². The van der Waals surface area contributed by atoms with Gasteiger partial charge in [-0.25, -0.2) is 0 Å². The van der Waals surface area contributed by atoms with Crippen LogP contribution in [0.4, 0.5) is 0 Å². The number of Topliss-reactive ketones (excluding diaryl/α,β-unsaturated/α-hetero) is 1. The summed E-state index contributed by atoms with van der Waals surface area (Å²) < 4.78 is 12.3. The average Bonchev–Trinajstić information content (AvgIpc) is 2.41. The van der Waals surface area contributed by atoms with E-state index in [0.717, 1.165) is 11.1 Å². The maximum Gasteiger partial charge on any atom is 0.175 e.